The number of nitrogens with two attached hydrogens (primary N) is 1. The summed E-state index contributed by atoms with van der Waals surface area (Å²) in [6, 6.07) is 6.06. The number of benzene rings is 1. The second kappa shape index (κ2) is 4.47. The Morgan fingerprint density at radius 2 is 2.19 bits per heavy atom. The Morgan fingerprint density at radius 3 is 2.81 bits per heavy atom. The highest BCUT2D eigenvalue weighted by atomic mass is 79.9. The van der Waals surface area contributed by atoms with Gasteiger partial charge in [-0.15, -0.1) is 0 Å². The first-order chi connectivity index (χ1) is 7.70. The molecule has 0 aliphatic heterocycles. The molecule has 2 rings (SSSR count). The third-order valence-electron chi connectivity index (χ3n) is 2.83. The molecule has 0 saturated carbocycles. The molecule has 4 heteroatoms. The first-order valence-electron chi connectivity index (χ1n) is 5.20. The Hall–Kier alpha value is -1.00. The lowest BCUT2D eigenvalue weighted by Crippen LogP contribution is -2.07. The van der Waals surface area contributed by atoms with Crippen LogP contribution in [0.4, 0.5) is 0 Å². The van der Waals surface area contributed by atoms with Gasteiger partial charge in [-0.2, -0.15) is 0 Å². The maximum atomic E-state index is 5.63. The van der Waals surface area contributed by atoms with Crippen LogP contribution in [-0.4, -0.2) is 18.2 Å². The Bertz CT molecular complexity index is 519. The Kier molecular flexibility index (Phi) is 3.21. The summed E-state index contributed by atoms with van der Waals surface area (Å²) in [6.45, 7) is 0.644. The molecule has 0 aliphatic carbocycles. The molecule has 0 amide bonds. The first-order valence-corrected chi connectivity index (χ1v) is 5.99. The van der Waals surface area contributed by atoms with E-state index in [2.05, 4.69) is 26.6 Å². The zero-order valence-corrected chi connectivity index (χ0v) is 11.0. The summed E-state index contributed by atoms with van der Waals surface area (Å²) in [5.74, 6) is 0.893. The number of hydrogen-bond acceptors (Lipinski definition) is 2. The Morgan fingerprint density at radius 1 is 1.44 bits per heavy atom. The largest absolute Gasteiger partial charge is 0.495 e. The number of aromatic nitrogens is 1. The summed E-state index contributed by atoms with van der Waals surface area (Å²) >= 11 is 3.64. The van der Waals surface area contributed by atoms with Crippen LogP contribution in [0.3, 0.4) is 0 Å². The third kappa shape index (κ3) is 1.62. The highest BCUT2D eigenvalue weighted by molar-refractivity contribution is 9.10. The van der Waals surface area contributed by atoms with E-state index in [4.69, 9.17) is 10.5 Å². The zero-order chi connectivity index (χ0) is 11.7. The van der Waals surface area contributed by atoms with Crippen LogP contribution in [0.1, 0.15) is 5.69 Å². The number of para-hydroxylation sites is 1. The van der Waals surface area contributed by atoms with E-state index in [0.29, 0.717) is 6.54 Å². The number of hydrogen-bond donors (Lipinski definition) is 1. The summed E-state index contributed by atoms with van der Waals surface area (Å²) in [6.07, 6.45) is 0.856. The summed E-state index contributed by atoms with van der Waals surface area (Å²) in [5.41, 5.74) is 7.95. The summed E-state index contributed by atoms with van der Waals surface area (Å²) in [4.78, 5) is 0. The van der Waals surface area contributed by atoms with Gasteiger partial charge in [0.25, 0.3) is 0 Å². The van der Waals surface area contributed by atoms with Crippen molar-refractivity contribution in [1.82, 2.24) is 4.57 Å². The van der Waals surface area contributed by atoms with Gasteiger partial charge in [0.2, 0.25) is 0 Å². The minimum absolute atomic E-state index is 0.644. The molecule has 16 heavy (non-hydrogen) atoms. The van der Waals surface area contributed by atoms with Gasteiger partial charge >= 0.3 is 0 Å². The molecule has 0 saturated heterocycles. The lowest BCUT2D eigenvalue weighted by Gasteiger charge is -2.06. The minimum atomic E-state index is 0.644. The number of nitrogens with zero attached hydrogens (tertiary/aromatic N) is 1. The maximum Gasteiger partial charge on any atom is 0.143 e. The van der Waals surface area contributed by atoms with E-state index < -0.39 is 0 Å². The molecule has 1 heterocycles. The van der Waals surface area contributed by atoms with Gasteiger partial charge < -0.3 is 15.0 Å². The third-order valence-corrected chi connectivity index (χ3v) is 3.72. The van der Waals surface area contributed by atoms with E-state index in [1.54, 1.807) is 7.11 Å². The molecule has 0 spiro atoms. The lowest BCUT2D eigenvalue weighted by atomic mass is 10.2. The summed E-state index contributed by atoms with van der Waals surface area (Å²) in [5, 5.41) is 1.17. The average Bonchev–Trinajstić information content (AvgIpc) is 2.55. The van der Waals surface area contributed by atoms with Crippen LogP contribution in [-0.2, 0) is 13.5 Å². The highest BCUT2D eigenvalue weighted by Crippen LogP contribution is 2.35. The van der Waals surface area contributed by atoms with Gasteiger partial charge in [0.1, 0.15) is 5.75 Å². The van der Waals surface area contributed by atoms with E-state index in [9.17, 15) is 0 Å². The predicted molar refractivity (Wildman–Crippen MR) is 69.9 cm³/mol. The molecular formula is C12H15BrN2O. The van der Waals surface area contributed by atoms with Crippen LogP contribution in [0.5, 0.6) is 5.75 Å². The van der Waals surface area contributed by atoms with Crippen molar-refractivity contribution in [1.29, 1.82) is 0 Å². The smallest absolute Gasteiger partial charge is 0.143 e. The van der Waals surface area contributed by atoms with Crippen LogP contribution in [0.15, 0.2) is 22.7 Å². The monoisotopic (exact) mass is 282 g/mol. The predicted octanol–water partition coefficient (Wildman–Crippen LogP) is 2.45. The number of ether oxygens (including phenoxy) is 1. The lowest BCUT2D eigenvalue weighted by molar-refractivity contribution is 0.417. The van der Waals surface area contributed by atoms with E-state index in [1.807, 2.05) is 19.2 Å². The second-order valence-corrected chi connectivity index (χ2v) is 4.51. The van der Waals surface area contributed by atoms with Gasteiger partial charge in [-0.25, -0.2) is 0 Å². The topological polar surface area (TPSA) is 40.2 Å². The second-order valence-electron chi connectivity index (χ2n) is 3.71. The van der Waals surface area contributed by atoms with Crippen LogP contribution >= 0.6 is 15.9 Å². The molecule has 1 aromatic carbocycles. The van der Waals surface area contributed by atoms with E-state index in [1.165, 1.54) is 11.1 Å². The van der Waals surface area contributed by atoms with Crippen molar-refractivity contribution in [3.63, 3.8) is 0 Å². The van der Waals surface area contributed by atoms with Gasteiger partial charge in [-0.05, 0) is 28.5 Å². The fraction of sp³-hybridized carbons (Fsp3) is 0.333. The van der Waals surface area contributed by atoms with E-state index in [-0.39, 0.29) is 0 Å². The molecule has 0 bridgehead atoms. The van der Waals surface area contributed by atoms with E-state index in [0.717, 1.165) is 22.2 Å². The minimum Gasteiger partial charge on any atom is -0.495 e. The molecule has 0 unspecified atom stereocenters. The molecule has 0 atom stereocenters. The number of halogens is 1. The molecule has 1 aromatic heterocycles. The van der Waals surface area contributed by atoms with Gasteiger partial charge in [0.05, 0.1) is 12.6 Å². The molecular weight excluding hydrogens is 268 g/mol. The molecule has 0 aliphatic rings. The fourth-order valence-corrected chi connectivity index (χ4v) is 2.85. The molecule has 2 aromatic rings. The van der Waals surface area contributed by atoms with Crippen molar-refractivity contribution in [2.45, 2.75) is 6.42 Å². The number of aryl methyl sites for hydroxylation is 1. The maximum absolute atomic E-state index is 5.63. The van der Waals surface area contributed by atoms with Crippen molar-refractivity contribution in [3.8, 4) is 5.75 Å². The number of rotatable bonds is 3. The van der Waals surface area contributed by atoms with Gasteiger partial charge in [-0.1, -0.05) is 12.1 Å². The van der Waals surface area contributed by atoms with Crippen molar-refractivity contribution < 1.29 is 4.74 Å². The number of fused-ring (bicyclic) bond motifs is 1. The normalized spacial score (nSPS) is 11.0. The van der Waals surface area contributed by atoms with Crippen molar-refractivity contribution in [2.24, 2.45) is 12.8 Å². The van der Waals surface area contributed by atoms with Crippen LogP contribution in [0, 0.1) is 0 Å². The fourth-order valence-electron chi connectivity index (χ4n) is 2.06. The molecule has 3 nitrogen and oxygen atoms in total. The van der Waals surface area contributed by atoms with Crippen LogP contribution < -0.4 is 10.5 Å². The van der Waals surface area contributed by atoms with Gasteiger partial charge in [0, 0.05) is 29.0 Å². The standard InChI is InChI=1S/C12H15BrN2O/c1-15-9(6-7-14)11(13)8-4-3-5-10(16-2)12(8)15/h3-5H,6-7,14H2,1-2H3. The summed E-state index contributed by atoms with van der Waals surface area (Å²) in [7, 11) is 3.74. The first kappa shape index (κ1) is 11.5. The SMILES string of the molecule is COc1cccc2c(Br)c(CCN)n(C)c12. The highest BCUT2D eigenvalue weighted by Gasteiger charge is 2.15. The van der Waals surface area contributed by atoms with Crippen molar-refractivity contribution >= 4 is 26.8 Å². The molecule has 0 fully saturated rings. The van der Waals surface area contributed by atoms with Crippen molar-refractivity contribution in [3.05, 3.63) is 28.4 Å². The number of methoxy groups -OCH3 is 1. The Labute approximate surface area is 103 Å². The van der Waals surface area contributed by atoms with Gasteiger partial charge in [-0.3, -0.25) is 0 Å². The molecule has 86 valence electrons. The Balaban J connectivity index is 2.77. The van der Waals surface area contributed by atoms with Crippen LogP contribution in [0.25, 0.3) is 10.9 Å². The van der Waals surface area contributed by atoms with E-state index >= 15 is 0 Å². The average molecular weight is 283 g/mol. The van der Waals surface area contributed by atoms with Crippen LogP contribution in [0.2, 0.25) is 0 Å². The quantitative estimate of drug-likeness (QED) is 0.940. The molecule has 0 radical (unpaired) electrons. The summed E-state index contributed by atoms with van der Waals surface area (Å²) < 4.78 is 8.65. The zero-order valence-electron chi connectivity index (χ0n) is 9.46. The van der Waals surface area contributed by atoms with Crippen molar-refractivity contribution in [2.75, 3.05) is 13.7 Å². The molecule has 2 N–H and O–H groups in total. The van der Waals surface area contributed by atoms with Gasteiger partial charge in [0.15, 0.2) is 0 Å².